The average Bonchev–Trinajstić information content (AvgIpc) is 3.15. The first kappa shape index (κ1) is 19.4. The molecule has 0 saturated heterocycles. The molecule has 31 heavy (non-hydrogen) atoms. The van der Waals surface area contributed by atoms with Crippen LogP contribution >= 0.6 is 23.6 Å². The zero-order chi connectivity index (χ0) is 21.4. The van der Waals surface area contributed by atoms with E-state index in [1.165, 1.54) is 11.3 Å². The molecule has 0 bridgehead atoms. The molecule has 0 amide bonds. The van der Waals surface area contributed by atoms with E-state index in [0.29, 0.717) is 22.8 Å². The Bertz CT molecular complexity index is 1520. The molecule has 3 aromatic heterocycles. The second-order valence-electron chi connectivity index (χ2n) is 6.80. The maximum Gasteiger partial charge on any atom is 0.233 e. The molecule has 5 nitrogen and oxygen atoms in total. The smallest absolute Gasteiger partial charge is 0.233 e. The molecule has 0 aliphatic rings. The van der Waals surface area contributed by atoms with Crippen LogP contribution in [0, 0.1) is 16.1 Å². The van der Waals surface area contributed by atoms with E-state index in [-0.39, 0.29) is 0 Å². The van der Waals surface area contributed by atoms with Gasteiger partial charge in [-0.1, -0.05) is 48.5 Å². The van der Waals surface area contributed by atoms with E-state index >= 15 is 0 Å². The minimum Gasteiger partial charge on any atom is -0.477 e. The minimum atomic E-state index is 0.345. The molecule has 5 aromatic rings. The third kappa shape index (κ3) is 3.26. The summed E-state index contributed by atoms with van der Waals surface area (Å²) in [5.41, 5.74) is 3.81. The molecule has 2 aromatic carbocycles. The highest BCUT2D eigenvalue weighted by Gasteiger charge is 2.22. The number of rotatable bonds is 4. The Kier molecular flexibility index (Phi) is 4.94. The van der Waals surface area contributed by atoms with Gasteiger partial charge in [0.15, 0.2) is 0 Å². The fraction of sp³-hybridized carbons (Fsp3) is 0.0833. The van der Waals surface area contributed by atoms with Crippen molar-refractivity contribution in [2.45, 2.75) is 6.92 Å². The molecule has 0 saturated carbocycles. The summed E-state index contributed by atoms with van der Waals surface area (Å²) in [5, 5.41) is 10.8. The third-order valence-corrected chi connectivity index (χ3v) is 6.25. The topological polar surface area (TPSA) is 63.7 Å². The van der Waals surface area contributed by atoms with Gasteiger partial charge in [-0.3, -0.25) is 4.57 Å². The van der Waals surface area contributed by atoms with Crippen molar-refractivity contribution in [1.29, 1.82) is 5.26 Å². The third-order valence-electron chi connectivity index (χ3n) is 4.96. The highest BCUT2D eigenvalue weighted by Crippen LogP contribution is 2.42. The lowest BCUT2D eigenvalue weighted by molar-refractivity contribution is 0.327. The number of hydrogen-bond donors (Lipinski definition) is 0. The Hall–Kier alpha value is -3.60. The highest BCUT2D eigenvalue weighted by atomic mass is 32.1. The van der Waals surface area contributed by atoms with E-state index in [2.05, 4.69) is 11.1 Å². The fourth-order valence-corrected chi connectivity index (χ4v) is 4.93. The number of benzene rings is 2. The van der Waals surface area contributed by atoms with Gasteiger partial charge in [0.05, 0.1) is 16.8 Å². The van der Waals surface area contributed by atoms with Crippen LogP contribution in [0.25, 0.3) is 37.2 Å². The first-order valence-electron chi connectivity index (χ1n) is 9.75. The predicted molar refractivity (Wildman–Crippen MR) is 126 cm³/mol. The number of nitriles is 1. The number of nitrogens with zero attached hydrogens (tertiary/aromatic N) is 4. The molecule has 5 rings (SSSR count). The van der Waals surface area contributed by atoms with Gasteiger partial charge in [-0.15, -0.1) is 11.3 Å². The fourth-order valence-electron chi connectivity index (χ4n) is 3.64. The highest BCUT2D eigenvalue weighted by molar-refractivity contribution is 7.71. The van der Waals surface area contributed by atoms with Crippen LogP contribution in [0.3, 0.4) is 0 Å². The predicted octanol–water partition coefficient (Wildman–Crippen LogP) is 6.30. The van der Waals surface area contributed by atoms with Crippen molar-refractivity contribution < 1.29 is 4.74 Å². The zero-order valence-corrected chi connectivity index (χ0v) is 18.2. The van der Waals surface area contributed by atoms with E-state index in [4.69, 9.17) is 21.9 Å². The normalized spacial score (nSPS) is 11.0. The summed E-state index contributed by atoms with van der Waals surface area (Å²) < 4.78 is 9.02. The summed E-state index contributed by atoms with van der Waals surface area (Å²) in [6.45, 7) is 2.31. The van der Waals surface area contributed by atoms with Crippen LogP contribution in [0.5, 0.6) is 5.88 Å². The van der Waals surface area contributed by atoms with Gasteiger partial charge in [0.2, 0.25) is 10.7 Å². The van der Waals surface area contributed by atoms with Gasteiger partial charge in [-0.05, 0) is 36.8 Å². The van der Waals surface area contributed by atoms with Crippen molar-refractivity contribution >= 4 is 44.0 Å². The number of fused-ring (bicyclic) bond motifs is 3. The van der Waals surface area contributed by atoms with Gasteiger partial charge in [0.1, 0.15) is 16.5 Å². The van der Waals surface area contributed by atoms with E-state index in [1.54, 1.807) is 0 Å². The zero-order valence-electron chi connectivity index (χ0n) is 16.6. The molecule has 0 fully saturated rings. The molecule has 0 aliphatic heterocycles. The van der Waals surface area contributed by atoms with E-state index < -0.39 is 0 Å². The number of pyridine rings is 1. The van der Waals surface area contributed by atoms with Crippen molar-refractivity contribution in [1.82, 2.24) is 14.5 Å². The average molecular weight is 441 g/mol. The minimum absolute atomic E-state index is 0.345. The largest absolute Gasteiger partial charge is 0.477 e. The van der Waals surface area contributed by atoms with Gasteiger partial charge in [-0.2, -0.15) is 5.26 Å². The second kappa shape index (κ2) is 7.91. The lowest BCUT2D eigenvalue weighted by atomic mass is 9.98. The van der Waals surface area contributed by atoms with Crippen LogP contribution in [0.15, 0.2) is 66.9 Å². The standard InChI is InChI=1S/C24H16N4OS2/c1-2-29-22-17(13-25)19(15-9-5-3-6-10-15)20-21-18(31-23(20)27-22)14-28(24(30)26-21)16-11-7-4-8-12-16/h3-12,14H,2H2,1H3. The monoisotopic (exact) mass is 440 g/mol. The molecular formula is C24H16N4OS2. The lowest BCUT2D eigenvalue weighted by Crippen LogP contribution is -2.00. The number of ether oxygens (including phenoxy) is 1. The van der Waals surface area contributed by atoms with Gasteiger partial charge in [0, 0.05) is 22.8 Å². The summed E-state index contributed by atoms with van der Waals surface area (Å²) in [6, 6.07) is 22.0. The van der Waals surface area contributed by atoms with Crippen LogP contribution in [0.4, 0.5) is 0 Å². The molecule has 0 aliphatic carbocycles. The number of hydrogen-bond acceptors (Lipinski definition) is 6. The van der Waals surface area contributed by atoms with E-state index in [0.717, 1.165) is 37.2 Å². The van der Waals surface area contributed by atoms with Gasteiger partial charge in [0.25, 0.3) is 0 Å². The molecule has 0 radical (unpaired) electrons. The van der Waals surface area contributed by atoms with E-state index in [9.17, 15) is 5.26 Å². The summed E-state index contributed by atoms with van der Waals surface area (Å²) >= 11 is 7.14. The first-order chi connectivity index (χ1) is 15.2. The summed E-state index contributed by atoms with van der Waals surface area (Å²) in [4.78, 5) is 10.2. The molecule has 0 spiro atoms. The SMILES string of the molecule is CCOc1nc2sc3cn(-c4ccccc4)c(=S)nc3c2c(-c2ccccc2)c1C#N. The molecule has 7 heteroatoms. The molecule has 0 unspecified atom stereocenters. The summed E-state index contributed by atoms with van der Waals surface area (Å²) in [7, 11) is 0. The van der Waals surface area contributed by atoms with Crippen LogP contribution in [-0.2, 0) is 0 Å². The first-order valence-corrected chi connectivity index (χ1v) is 11.0. The molecular weight excluding hydrogens is 424 g/mol. The van der Waals surface area contributed by atoms with Crippen LogP contribution in [0.1, 0.15) is 12.5 Å². The summed E-state index contributed by atoms with van der Waals surface area (Å²) in [6.07, 6.45) is 1.99. The van der Waals surface area contributed by atoms with Gasteiger partial charge < -0.3 is 4.74 Å². The van der Waals surface area contributed by atoms with Crippen LogP contribution in [-0.4, -0.2) is 21.1 Å². The lowest BCUT2D eigenvalue weighted by Gasteiger charge is -2.11. The molecule has 0 N–H and O–H groups in total. The number of aromatic nitrogens is 3. The van der Waals surface area contributed by atoms with Crippen molar-refractivity contribution in [3.05, 3.63) is 77.2 Å². The van der Waals surface area contributed by atoms with Gasteiger partial charge >= 0.3 is 0 Å². The Balaban J connectivity index is 1.90. The molecule has 3 heterocycles. The summed E-state index contributed by atoms with van der Waals surface area (Å²) in [5.74, 6) is 0.345. The van der Waals surface area contributed by atoms with Crippen molar-refractivity contribution in [3.8, 4) is 28.8 Å². The Morgan fingerprint density at radius 1 is 1.06 bits per heavy atom. The molecule has 150 valence electrons. The Labute approximate surface area is 187 Å². The number of thiophene rings is 1. The van der Waals surface area contributed by atoms with Crippen molar-refractivity contribution in [2.24, 2.45) is 0 Å². The maximum absolute atomic E-state index is 9.99. The Morgan fingerprint density at radius 3 is 2.45 bits per heavy atom. The van der Waals surface area contributed by atoms with Gasteiger partial charge in [-0.25, -0.2) is 9.97 Å². The second-order valence-corrected chi connectivity index (χ2v) is 8.20. The van der Waals surface area contributed by atoms with Crippen molar-refractivity contribution in [2.75, 3.05) is 6.61 Å². The maximum atomic E-state index is 9.99. The van der Waals surface area contributed by atoms with Crippen LogP contribution in [0.2, 0.25) is 0 Å². The van der Waals surface area contributed by atoms with E-state index in [1.807, 2.05) is 78.4 Å². The quantitative estimate of drug-likeness (QED) is 0.307. The van der Waals surface area contributed by atoms with Crippen LogP contribution < -0.4 is 4.74 Å². The molecule has 0 atom stereocenters. The number of para-hydroxylation sites is 1. The Morgan fingerprint density at radius 2 is 1.77 bits per heavy atom. The van der Waals surface area contributed by atoms with Crippen molar-refractivity contribution in [3.63, 3.8) is 0 Å².